The summed E-state index contributed by atoms with van der Waals surface area (Å²) in [5, 5.41) is 0. The number of aryl methyl sites for hydroxylation is 1. The number of nitrogens with zero attached hydrogens (tertiary/aromatic N) is 2. The predicted octanol–water partition coefficient (Wildman–Crippen LogP) is 3.97. The first kappa shape index (κ1) is 23.0. The predicted molar refractivity (Wildman–Crippen MR) is 127 cm³/mol. The van der Waals surface area contributed by atoms with E-state index in [-0.39, 0.29) is 36.0 Å². The summed E-state index contributed by atoms with van der Waals surface area (Å²) in [6, 6.07) is 18.8. The number of aromatic nitrogens is 1. The van der Waals surface area contributed by atoms with Crippen molar-refractivity contribution in [3.63, 3.8) is 0 Å². The average molecular weight is 463 g/mol. The van der Waals surface area contributed by atoms with Gasteiger partial charge < -0.3 is 0 Å². The Bertz CT molecular complexity index is 1290. The Kier molecular flexibility index (Phi) is 6.81. The second-order valence-electron chi connectivity index (χ2n) is 8.45. The molecular formula is C26H26N2O4S. The van der Waals surface area contributed by atoms with Gasteiger partial charge in [-0.3, -0.25) is 14.6 Å². The molecule has 1 aliphatic rings. The maximum atomic E-state index is 13.1. The summed E-state index contributed by atoms with van der Waals surface area (Å²) in [5.74, 6) is -0.481. The summed E-state index contributed by atoms with van der Waals surface area (Å²) in [5.41, 5.74) is 4.32. The van der Waals surface area contributed by atoms with Crippen LogP contribution in [0.3, 0.4) is 0 Å². The van der Waals surface area contributed by atoms with Gasteiger partial charge in [0.05, 0.1) is 12.2 Å². The molecule has 170 valence electrons. The third-order valence-corrected chi connectivity index (χ3v) is 7.61. The third kappa shape index (κ3) is 5.80. The van der Waals surface area contributed by atoms with Crippen molar-refractivity contribution < 1.29 is 18.0 Å². The normalized spacial score (nSPS) is 15.4. The van der Waals surface area contributed by atoms with Gasteiger partial charge in [-0.25, -0.2) is 8.42 Å². The number of sulfonamides is 1. The van der Waals surface area contributed by atoms with Crippen molar-refractivity contribution in [1.82, 2.24) is 9.29 Å². The van der Waals surface area contributed by atoms with Gasteiger partial charge in [0.15, 0.2) is 11.6 Å². The molecule has 2 heterocycles. The molecule has 6 nitrogen and oxygen atoms in total. The minimum absolute atomic E-state index is 0.153. The highest BCUT2D eigenvalue weighted by Crippen LogP contribution is 2.22. The molecule has 0 saturated carbocycles. The topological polar surface area (TPSA) is 84.4 Å². The highest BCUT2D eigenvalue weighted by atomic mass is 32.2. The molecule has 0 amide bonds. The van der Waals surface area contributed by atoms with E-state index in [9.17, 15) is 18.0 Å². The molecule has 7 heteroatoms. The fraction of sp³-hybridized carbons (Fsp3) is 0.269. The molecule has 4 rings (SSSR count). The van der Waals surface area contributed by atoms with Crippen molar-refractivity contribution in [1.29, 1.82) is 0 Å². The van der Waals surface area contributed by atoms with Gasteiger partial charge in [0.25, 0.3) is 0 Å². The highest BCUT2D eigenvalue weighted by Gasteiger charge is 2.28. The van der Waals surface area contributed by atoms with Crippen molar-refractivity contribution in [2.24, 2.45) is 0 Å². The van der Waals surface area contributed by atoms with Crippen molar-refractivity contribution >= 4 is 21.6 Å². The Labute approximate surface area is 194 Å². The molecule has 1 aliphatic heterocycles. The minimum Gasteiger partial charge on any atom is -0.294 e. The van der Waals surface area contributed by atoms with Gasteiger partial charge in [0.1, 0.15) is 5.69 Å². The molecule has 1 fully saturated rings. The Hall–Kier alpha value is -3.16. The van der Waals surface area contributed by atoms with Crippen molar-refractivity contribution in [3.05, 3.63) is 100 Å². The van der Waals surface area contributed by atoms with E-state index in [4.69, 9.17) is 0 Å². The number of hydrogen-bond donors (Lipinski definition) is 0. The van der Waals surface area contributed by atoms with E-state index in [0.717, 1.165) is 22.3 Å². The quantitative estimate of drug-likeness (QED) is 0.374. The Morgan fingerprint density at radius 1 is 0.939 bits per heavy atom. The van der Waals surface area contributed by atoms with E-state index in [1.165, 1.54) is 4.31 Å². The first-order valence-electron chi connectivity index (χ1n) is 10.9. The zero-order chi connectivity index (χ0) is 23.4. The second kappa shape index (κ2) is 9.77. The average Bonchev–Trinajstić information content (AvgIpc) is 3.12. The molecule has 0 spiro atoms. The van der Waals surface area contributed by atoms with E-state index in [0.29, 0.717) is 24.9 Å². The first-order valence-corrected chi connectivity index (χ1v) is 12.5. The van der Waals surface area contributed by atoms with Crippen molar-refractivity contribution in [2.75, 3.05) is 12.3 Å². The lowest BCUT2D eigenvalue weighted by Crippen LogP contribution is -2.25. The summed E-state index contributed by atoms with van der Waals surface area (Å²) in [7, 11) is -3.26. The van der Waals surface area contributed by atoms with Crippen LogP contribution < -0.4 is 0 Å². The summed E-state index contributed by atoms with van der Waals surface area (Å²) >= 11 is 0. The van der Waals surface area contributed by atoms with Crippen LogP contribution in [0.4, 0.5) is 0 Å². The molecule has 33 heavy (non-hydrogen) atoms. The first-order chi connectivity index (χ1) is 15.8. The molecule has 2 aromatic carbocycles. The van der Waals surface area contributed by atoms with Crippen LogP contribution >= 0.6 is 0 Å². The lowest BCUT2D eigenvalue weighted by Gasteiger charge is -2.16. The summed E-state index contributed by atoms with van der Waals surface area (Å²) in [6.07, 6.45) is 2.49. The van der Waals surface area contributed by atoms with Crippen LogP contribution in [0.15, 0.2) is 66.9 Å². The summed E-state index contributed by atoms with van der Waals surface area (Å²) in [6.45, 7) is 2.57. The maximum Gasteiger partial charge on any atom is 0.214 e. The zero-order valence-electron chi connectivity index (χ0n) is 18.5. The van der Waals surface area contributed by atoms with Gasteiger partial charge in [-0.05, 0) is 66.3 Å². The number of Topliss-reactive ketones (excluding diaryl/α,β-unsaturated/α-hetero) is 2. The van der Waals surface area contributed by atoms with Crippen LogP contribution in [0.2, 0.25) is 0 Å². The fourth-order valence-electron chi connectivity index (χ4n) is 4.05. The molecule has 0 bridgehead atoms. The Balaban J connectivity index is 1.61. The number of hydrogen-bond acceptors (Lipinski definition) is 5. The highest BCUT2D eigenvalue weighted by molar-refractivity contribution is 7.89. The smallest absolute Gasteiger partial charge is 0.214 e. The lowest BCUT2D eigenvalue weighted by molar-refractivity contribution is 0.0891. The summed E-state index contributed by atoms with van der Waals surface area (Å²) in [4.78, 5) is 29.8. The number of pyridine rings is 1. The van der Waals surface area contributed by atoms with Gasteiger partial charge >= 0.3 is 0 Å². The van der Waals surface area contributed by atoms with Crippen LogP contribution in [0, 0.1) is 6.92 Å². The number of rotatable bonds is 8. The lowest BCUT2D eigenvalue weighted by atomic mass is 9.96. The van der Waals surface area contributed by atoms with Crippen LogP contribution in [-0.4, -0.2) is 41.6 Å². The number of benzene rings is 2. The zero-order valence-corrected chi connectivity index (χ0v) is 19.3. The summed E-state index contributed by atoms with van der Waals surface area (Å²) < 4.78 is 26.1. The van der Waals surface area contributed by atoms with Crippen LogP contribution in [0.25, 0.3) is 0 Å². The molecule has 0 aliphatic carbocycles. The fourth-order valence-corrected chi connectivity index (χ4v) is 5.55. The Morgan fingerprint density at radius 2 is 1.70 bits per heavy atom. The van der Waals surface area contributed by atoms with Crippen LogP contribution in [-0.2, 0) is 23.0 Å². The molecule has 0 unspecified atom stereocenters. The molecular weight excluding hydrogens is 436 g/mol. The van der Waals surface area contributed by atoms with E-state index in [2.05, 4.69) is 4.98 Å². The molecule has 0 N–H and O–H groups in total. The molecule has 0 radical (unpaired) electrons. The van der Waals surface area contributed by atoms with Crippen molar-refractivity contribution in [2.45, 2.75) is 32.7 Å². The SMILES string of the molecule is Cc1ccnc(C(=O)CC(=O)c2cc(Cc3ccccc3)cc(CN3CCCS3(=O)=O)c2)c1. The van der Waals surface area contributed by atoms with Crippen molar-refractivity contribution in [3.8, 4) is 0 Å². The number of carbonyl (C=O) groups excluding carboxylic acids is 2. The van der Waals surface area contributed by atoms with Gasteiger partial charge in [0.2, 0.25) is 10.0 Å². The molecule has 1 saturated heterocycles. The van der Waals surface area contributed by atoms with Gasteiger partial charge in [-0.1, -0.05) is 36.4 Å². The largest absolute Gasteiger partial charge is 0.294 e. The number of carbonyl (C=O) groups is 2. The molecule has 1 aromatic heterocycles. The molecule has 3 aromatic rings. The van der Waals surface area contributed by atoms with E-state index in [1.54, 1.807) is 30.5 Å². The standard InChI is InChI=1S/C26H26N2O4S/c1-19-8-9-27-24(12-19)26(30)17-25(29)23-15-21(13-20-6-3-2-4-7-20)14-22(16-23)18-28-10-5-11-33(28,31)32/h2-4,6-9,12,14-16H,5,10-11,13,17-18H2,1H3. The second-order valence-corrected chi connectivity index (χ2v) is 10.5. The van der Waals surface area contributed by atoms with E-state index < -0.39 is 10.0 Å². The Morgan fingerprint density at radius 3 is 2.39 bits per heavy atom. The van der Waals surface area contributed by atoms with Gasteiger partial charge in [-0.15, -0.1) is 0 Å². The third-order valence-electron chi connectivity index (χ3n) is 5.71. The van der Waals surface area contributed by atoms with Gasteiger partial charge in [0, 0.05) is 24.8 Å². The number of ketones is 2. The van der Waals surface area contributed by atoms with E-state index in [1.807, 2.05) is 43.3 Å². The maximum absolute atomic E-state index is 13.1. The van der Waals surface area contributed by atoms with Crippen LogP contribution in [0.1, 0.15) is 55.9 Å². The molecule has 0 atom stereocenters. The van der Waals surface area contributed by atoms with Gasteiger partial charge in [-0.2, -0.15) is 4.31 Å². The minimum atomic E-state index is -3.26. The van der Waals surface area contributed by atoms with Crippen LogP contribution in [0.5, 0.6) is 0 Å². The van der Waals surface area contributed by atoms with E-state index >= 15 is 0 Å². The monoisotopic (exact) mass is 462 g/mol.